The Balaban J connectivity index is 1.41. The maximum absolute atomic E-state index is 13.8. The highest BCUT2D eigenvalue weighted by Gasteiger charge is 2.50. The Kier molecular flexibility index (Phi) is 7.16. The summed E-state index contributed by atoms with van der Waals surface area (Å²) in [7, 11) is 1.56. The molecule has 0 radical (unpaired) electrons. The third kappa shape index (κ3) is 4.69. The second-order valence-corrected chi connectivity index (χ2v) is 10.8. The van der Waals surface area contributed by atoms with Crippen LogP contribution in [0.4, 0.5) is 0 Å². The van der Waals surface area contributed by atoms with Gasteiger partial charge in [0.15, 0.2) is 5.78 Å². The molecule has 3 amide bonds. The Morgan fingerprint density at radius 3 is 2.76 bits per heavy atom. The fourth-order valence-corrected chi connectivity index (χ4v) is 6.60. The van der Waals surface area contributed by atoms with Crippen molar-refractivity contribution in [3.8, 4) is 5.75 Å². The molecule has 2 aromatic rings. The molecule has 0 bridgehead atoms. The van der Waals surface area contributed by atoms with Gasteiger partial charge in [0.1, 0.15) is 17.5 Å². The quantitative estimate of drug-likeness (QED) is 0.486. The van der Waals surface area contributed by atoms with Crippen LogP contribution in [0, 0.1) is 17.8 Å². The predicted octanol–water partition coefficient (Wildman–Crippen LogP) is 3.06. The number of ketones is 1. The van der Waals surface area contributed by atoms with E-state index in [0.29, 0.717) is 46.9 Å². The number of hydrogen-bond donors (Lipinski definition) is 3. The van der Waals surface area contributed by atoms with Crippen molar-refractivity contribution < 1.29 is 23.9 Å². The van der Waals surface area contributed by atoms with Crippen molar-refractivity contribution in [1.82, 2.24) is 20.5 Å². The molecule has 0 spiro atoms. The summed E-state index contributed by atoms with van der Waals surface area (Å²) in [5, 5.41) is 6.91. The SMILES string of the molecule is CCC(=O)C(CC1CCNC1=O)NC(=O)C1C2CCCC2CN1C(=O)c1cc2c(OC)ccc(Cl)c2[nH]1. The summed E-state index contributed by atoms with van der Waals surface area (Å²) in [6, 6.07) is 3.75. The number of benzene rings is 1. The van der Waals surface area contributed by atoms with E-state index in [2.05, 4.69) is 15.6 Å². The van der Waals surface area contributed by atoms with Crippen molar-refractivity contribution in [2.24, 2.45) is 17.8 Å². The Morgan fingerprint density at radius 2 is 2.05 bits per heavy atom. The lowest BCUT2D eigenvalue weighted by Crippen LogP contribution is -2.53. The standard InChI is InChI=1S/C27H33ClN4O5/c1-3-21(33)19(11-14-9-10-29-25(14)34)31-26(35)24-16-6-4-5-15(16)13-32(24)27(36)20-12-17-22(37-2)8-7-18(28)23(17)30-20/h7-8,12,14-16,19,24,30H,3-6,9-11,13H2,1-2H3,(H,29,34)(H,31,35). The van der Waals surface area contributed by atoms with Crippen molar-refractivity contribution in [3.63, 3.8) is 0 Å². The highest BCUT2D eigenvalue weighted by molar-refractivity contribution is 6.35. The average molecular weight is 529 g/mol. The summed E-state index contributed by atoms with van der Waals surface area (Å²) in [4.78, 5) is 57.2. The van der Waals surface area contributed by atoms with Gasteiger partial charge < -0.3 is 25.3 Å². The van der Waals surface area contributed by atoms with Crippen molar-refractivity contribution in [3.05, 3.63) is 28.9 Å². The molecule has 9 nitrogen and oxygen atoms in total. The molecular weight excluding hydrogens is 496 g/mol. The first-order chi connectivity index (χ1) is 17.8. The summed E-state index contributed by atoms with van der Waals surface area (Å²) in [5.41, 5.74) is 0.941. The van der Waals surface area contributed by atoms with E-state index in [4.69, 9.17) is 16.3 Å². The predicted molar refractivity (Wildman–Crippen MR) is 138 cm³/mol. The third-order valence-corrected chi connectivity index (χ3v) is 8.62. The van der Waals surface area contributed by atoms with Gasteiger partial charge in [-0.2, -0.15) is 0 Å². The third-order valence-electron chi connectivity index (χ3n) is 8.31. The highest BCUT2D eigenvalue weighted by Crippen LogP contribution is 2.43. The molecule has 5 atom stereocenters. The lowest BCUT2D eigenvalue weighted by molar-refractivity contribution is -0.132. The van der Waals surface area contributed by atoms with E-state index in [9.17, 15) is 19.2 Å². The van der Waals surface area contributed by atoms with Crippen LogP contribution in [-0.4, -0.2) is 65.7 Å². The number of amides is 3. The molecule has 1 aromatic heterocycles. The lowest BCUT2D eigenvalue weighted by atomic mass is 9.91. The largest absolute Gasteiger partial charge is 0.496 e. The zero-order chi connectivity index (χ0) is 26.3. The van der Waals surface area contributed by atoms with Gasteiger partial charge >= 0.3 is 0 Å². The van der Waals surface area contributed by atoms with Crippen LogP contribution in [-0.2, 0) is 14.4 Å². The van der Waals surface area contributed by atoms with Gasteiger partial charge in [0.05, 0.1) is 23.7 Å². The van der Waals surface area contributed by atoms with E-state index in [0.717, 1.165) is 19.3 Å². The van der Waals surface area contributed by atoms with Crippen LogP contribution in [0.2, 0.25) is 5.02 Å². The Morgan fingerprint density at radius 1 is 1.24 bits per heavy atom. The normalized spacial score (nSPS) is 25.7. The topological polar surface area (TPSA) is 121 Å². The average Bonchev–Trinajstić information content (AvgIpc) is 3.67. The van der Waals surface area contributed by atoms with E-state index in [1.807, 2.05) is 0 Å². The van der Waals surface area contributed by atoms with Crippen LogP contribution in [0.25, 0.3) is 10.9 Å². The van der Waals surface area contributed by atoms with Gasteiger partial charge in [0, 0.05) is 30.8 Å². The molecular formula is C27H33ClN4O5. The van der Waals surface area contributed by atoms with Crippen molar-refractivity contribution in [1.29, 1.82) is 0 Å². The molecule has 3 N–H and O–H groups in total. The van der Waals surface area contributed by atoms with Gasteiger partial charge in [-0.1, -0.05) is 24.9 Å². The number of aromatic nitrogens is 1. The van der Waals surface area contributed by atoms with Gasteiger partial charge in [-0.05, 0) is 55.7 Å². The minimum atomic E-state index is -0.750. The van der Waals surface area contributed by atoms with Crippen LogP contribution in [0.5, 0.6) is 5.75 Å². The fraction of sp³-hybridized carbons (Fsp3) is 0.556. The fourth-order valence-electron chi connectivity index (χ4n) is 6.39. The summed E-state index contributed by atoms with van der Waals surface area (Å²) in [5.74, 6) is -0.209. The van der Waals surface area contributed by atoms with Crippen molar-refractivity contribution in [2.45, 2.75) is 57.5 Å². The minimum absolute atomic E-state index is 0.0404. The number of Topliss-reactive ketones (excluding diaryl/α,β-unsaturated/α-hetero) is 1. The smallest absolute Gasteiger partial charge is 0.271 e. The van der Waals surface area contributed by atoms with Crippen LogP contribution >= 0.6 is 11.6 Å². The zero-order valence-corrected chi connectivity index (χ0v) is 21.9. The molecule has 2 saturated heterocycles. The van der Waals surface area contributed by atoms with Crippen LogP contribution in [0.3, 0.4) is 0 Å². The number of nitrogens with one attached hydrogen (secondary N) is 3. The van der Waals surface area contributed by atoms with Gasteiger partial charge in [-0.25, -0.2) is 0 Å². The first-order valence-corrected chi connectivity index (χ1v) is 13.5. The number of hydrogen-bond acceptors (Lipinski definition) is 5. The van der Waals surface area contributed by atoms with Gasteiger partial charge in [-0.15, -0.1) is 0 Å². The molecule has 5 unspecified atom stereocenters. The molecule has 3 aliphatic rings. The molecule has 1 saturated carbocycles. The summed E-state index contributed by atoms with van der Waals surface area (Å²) in [6.07, 6.45) is 4.02. The van der Waals surface area contributed by atoms with Crippen LogP contribution < -0.4 is 15.4 Å². The summed E-state index contributed by atoms with van der Waals surface area (Å²) in [6.45, 7) is 2.82. The number of halogens is 1. The number of fused-ring (bicyclic) bond motifs is 2. The van der Waals surface area contributed by atoms with Gasteiger partial charge in [0.25, 0.3) is 5.91 Å². The molecule has 198 valence electrons. The maximum Gasteiger partial charge on any atom is 0.271 e. The number of ether oxygens (including phenoxy) is 1. The molecule has 3 fully saturated rings. The molecule has 37 heavy (non-hydrogen) atoms. The molecule has 1 aliphatic carbocycles. The van der Waals surface area contributed by atoms with E-state index in [-0.39, 0.29) is 54.1 Å². The number of nitrogens with zero attached hydrogens (tertiary/aromatic N) is 1. The molecule has 10 heteroatoms. The Hall–Kier alpha value is -3.07. The van der Waals surface area contributed by atoms with Crippen molar-refractivity contribution in [2.75, 3.05) is 20.2 Å². The Labute approximate surface area is 220 Å². The highest BCUT2D eigenvalue weighted by atomic mass is 35.5. The first-order valence-electron chi connectivity index (χ1n) is 13.1. The second kappa shape index (κ2) is 10.4. The number of H-pyrrole nitrogens is 1. The number of carbonyl (C=O) groups excluding carboxylic acids is 4. The molecule has 2 aliphatic heterocycles. The van der Waals surface area contributed by atoms with Gasteiger partial charge in [-0.3, -0.25) is 19.2 Å². The minimum Gasteiger partial charge on any atom is -0.496 e. The summed E-state index contributed by atoms with van der Waals surface area (Å²) < 4.78 is 5.43. The number of methoxy groups -OCH3 is 1. The van der Waals surface area contributed by atoms with E-state index in [1.165, 1.54) is 0 Å². The molecule has 5 rings (SSSR count). The lowest BCUT2D eigenvalue weighted by Gasteiger charge is -2.29. The Bertz CT molecular complexity index is 1240. The van der Waals surface area contributed by atoms with Gasteiger partial charge in [0.2, 0.25) is 11.8 Å². The number of rotatable bonds is 8. The van der Waals surface area contributed by atoms with Crippen LogP contribution in [0.1, 0.15) is 55.9 Å². The van der Waals surface area contributed by atoms with E-state index < -0.39 is 12.1 Å². The molecule has 3 heterocycles. The van der Waals surface area contributed by atoms with E-state index >= 15 is 0 Å². The number of carbonyl (C=O) groups is 4. The number of aromatic amines is 1. The maximum atomic E-state index is 13.8. The van der Waals surface area contributed by atoms with Crippen molar-refractivity contribution >= 4 is 46.0 Å². The van der Waals surface area contributed by atoms with Crippen LogP contribution in [0.15, 0.2) is 18.2 Å². The second-order valence-electron chi connectivity index (χ2n) is 10.4. The molecule has 1 aromatic carbocycles. The summed E-state index contributed by atoms with van der Waals surface area (Å²) >= 11 is 6.37. The zero-order valence-electron chi connectivity index (χ0n) is 21.1. The van der Waals surface area contributed by atoms with E-state index in [1.54, 1.807) is 37.1 Å². The first kappa shape index (κ1) is 25.6. The number of likely N-dealkylation sites (tertiary alicyclic amines) is 1. The monoisotopic (exact) mass is 528 g/mol.